The van der Waals surface area contributed by atoms with Gasteiger partial charge >= 0.3 is 0 Å². The molecule has 2 saturated heterocycles. The largest absolute Gasteiger partial charge is 0.379 e. The molecule has 0 aliphatic carbocycles. The number of nitrogens with zero attached hydrogens (tertiary/aromatic N) is 2. The van der Waals surface area contributed by atoms with Crippen molar-refractivity contribution in [3.63, 3.8) is 0 Å². The Morgan fingerprint density at radius 3 is 1.35 bits per heavy atom. The van der Waals surface area contributed by atoms with Crippen molar-refractivity contribution < 1.29 is 9.47 Å². The van der Waals surface area contributed by atoms with E-state index in [1.165, 1.54) is 43.8 Å². The highest BCUT2D eigenvalue weighted by atomic mass is 16.5. The quantitative estimate of drug-likeness (QED) is 0.409. The summed E-state index contributed by atoms with van der Waals surface area (Å²) in [4.78, 5) is 5.06. The molecular weight excluding hydrogens is 420 g/mol. The van der Waals surface area contributed by atoms with Gasteiger partial charge in [0.2, 0.25) is 0 Å². The van der Waals surface area contributed by atoms with Gasteiger partial charge in [-0.15, -0.1) is 0 Å². The molecule has 4 aromatic carbocycles. The molecule has 4 heteroatoms. The second-order valence-corrected chi connectivity index (χ2v) is 9.42. The third-order valence-corrected chi connectivity index (χ3v) is 7.28. The summed E-state index contributed by atoms with van der Waals surface area (Å²) in [7, 11) is 0. The van der Waals surface area contributed by atoms with Crippen LogP contribution in [0.4, 0.5) is 0 Å². The highest BCUT2D eigenvalue weighted by Crippen LogP contribution is 2.40. The lowest BCUT2D eigenvalue weighted by Crippen LogP contribution is -2.36. The average Bonchev–Trinajstić information content (AvgIpc) is 2.90. The number of ether oxygens (including phenoxy) is 2. The molecule has 174 valence electrons. The summed E-state index contributed by atoms with van der Waals surface area (Å²) in [5.41, 5.74) is 5.59. The molecule has 0 atom stereocenters. The van der Waals surface area contributed by atoms with E-state index in [0.717, 1.165) is 65.7 Å². The Morgan fingerprint density at radius 2 is 0.912 bits per heavy atom. The standard InChI is InChI=1S/C30H32N2O2/c1-3-7-27-23(5-1)9-11-25(21-31-13-17-33-18-14-31)29(27)30-26(22-32-15-19-34-20-16-32)12-10-24-6-2-4-8-28(24)30/h1-12H,13-22H2. The van der Waals surface area contributed by atoms with E-state index in [9.17, 15) is 0 Å². The molecule has 0 aromatic heterocycles. The van der Waals surface area contributed by atoms with Crippen LogP contribution < -0.4 is 0 Å². The van der Waals surface area contributed by atoms with E-state index in [-0.39, 0.29) is 0 Å². The molecule has 34 heavy (non-hydrogen) atoms. The van der Waals surface area contributed by atoms with Gasteiger partial charge in [-0.3, -0.25) is 9.80 Å². The first-order valence-electron chi connectivity index (χ1n) is 12.5. The fourth-order valence-electron chi connectivity index (χ4n) is 5.49. The van der Waals surface area contributed by atoms with Crippen molar-refractivity contribution >= 4 is 21.5 Å². The third-order valence-electron chi connectivity index (χ3n) is 7.28. The maximum Gasteiger partial charge on any atom is 0.0594 e. The zero-order valence-electron chi connectivity index (χ0n) is 19.7. The van der Waals surface area contributed by atoms with Gasteiger partial charge in [-0.1, -0.05) is 72.8 Å². The number of hydrogen-bond acceptors (Lipinski definition) is 4. The highest BCUT2D eigenvalue weighted by molar-refractivity contribution is 6.07. The Balaban J connectivity index is 1.56. The average molecular weight is 453 g/mol. The molecule has 0 saturated carbocycles. The summed E-state index contributed by atoms with van der Waals surface area (Å²) in [5.74, 6) is 0. The number of benzene rings is 4. The van der Waals surface area contributed by atoms with Gasteiger partial charge < -0.3 is 9.47 Å². The molecule has 2 aliphatic heterocycles. The monoisotopic (exact) mass is 452 g/mol. The predicted molar refractivity (Wildman–Crippen MR) is 139 cm³/mol. The molecule has 6 rings (SSSR count). The van der Waals surface area contributed by atoms with Crippen molar-refractivity contribution in [2.24, 2.45) is 0 Å². The number of fused-ring (bicyclic) bond motifs is 2. The number of hydrogen-bond donors (Lipinski definition) is 0. The van der Waals surface area contributed by atoms with E-state index < -0.39 is 0 Å². The van der Waals surface area contributed by atoms with Gasteiger partial charge in [-0.2, -0.15) is 0 Å². The van der Waals surface area contributed by atoms with Crippen molar-refractivity contribution in [1.29, 1.82) is 0 Å². The molecule has 4 aromatic rings. The molecule has 4 nitrogen and oxygen atoms in total. The van der Waals surface area contributed by atoms with Crippen molar-refractivity contribution in [1.82, 2.24) is 9.80 Å². The van der Waals surface area contributed by atoms with Gasteiger partial charge in [0.05, 0.1) is 26.4 Å². The van der Waals surface area contributed by atoms with Crippen LogP contribution in [0, 0.1) is 0 Å². The summed E-state index contributed by atoms with van der Waals surface area (Å²) in [6.07, 6.45) is 0. The van der Waals surface area contributed by atoms with Crippen LogP contribution in [0.25, 0.3) is 32.7 Å². The highest BCUT2D eigenvalue weighted by Gasteiger charge is 2.21. The maximum atomic E-state index is 5.63. The summed E-state index contributed by atoms with van der Waals surface area (Å²) in [6, 6.07) is 27.0. The normalized spacial score (nSPS) is 18.0. The summed E-state index contributed by atoms with van der Waals surface area (Å²) >= 11 is 0. The smallest absolute Gasteiger partial charge is 0.0594 e. The first-order valence-corrected chi connectivity index (χ1v) is 12.5. The zero-order valence-corrected chi connectivity index (χ0v) is 19.7. The van der Waals surface area contributed by atoms with E-state index >= 15 is 0 Å². The van der Waals surface area contributed by atoms with Crippen molar-refractivity contribution in [3.05, 3.63) is 83.9 Å². The second kappa shape index (κ2) is 9.85. The molecular formula is C30H32N2O2. The Bertz CT molecular complexity index is 1190. The van der Waals surface area contributed by atoms with Gasteiger partial charge in [-0.25, -0.2) is 0 Å². The fourth-order valence-corrected chi connectivity index (χ4v) is 5.49. The van der Waals surface area contributed by atoms with E-state index in [0.29, 0.717) is 0 Å². The van der Waals surface area contributed by atoms with E-state index in [1.54, 1.807) is 0 Å². The van der Waals surface area contributed by atoms with E-state index in [4.69, 9.17) is 9.47 Å². The first-order chi connectivity index (χ1) is 16.9. The Kier molecular flexibility index (Phi) is 6.30. The molecule has 2 fully saturated rings. The van der Waals surface area contributed by atoms with Crippen LogP contribution in [0.5, 0.6) is 0 Å². The van der Waals surface area contributed by atoms with Gasteiger partial charge in [-0.05, 0) is 43.8 Å². The minimum atomic E-state index is 0.819. The lowest BCUT2D eigenvalue weighted by Gasteiger charge is -2.30. The summed E-state index contributed by atoms with van der Waals surface area (Å²) < 4.78 is 11.3. The van der Waals surface area contributed by atoms with Crippen molar-refractivity contribution in [2.45, 2.75) is 13.1 Å². The molecule has 0 bridgehead atoms. The lowest BCUT2D eigenvalue weighted by molar-refractivity contribution is 0.0340. The van der Waals surface area contributed by atoms with Gasteiger partial charge in [0.15, 0.2) is 0 Å². The summed E-state index contributed by atoms with van der Waals surface area (Å²) in [6.45, 7) is 9.13. The summed E-state index contributed by atoms with van der Waals surface area (Å²) in [5, 5.41) is 5.28. The maximum absolute atomic E-state index is 5.63. The first kappa shape index (κ1) is 21.8. The minimum Gasteiger partial charge on any atom is -0.379 e. The predicted octanol–water partition coefficient (Wildman–Crippen LogP) is 5.32. The van der Waals surface area contributed by atoms with Gasteiger partial charge in [0, 0.05) is 39.3 Å². The molecule has 0 N–H and O–H groups in total. The Labute approximate surface area is 201 Å². The van der Waals surface area contributed by atoms with Crippen LogP contribution in [0.2, 0.25) is 0 Å². The Morgan fingerprint density at radius 1 is 0.500 bits per heavy atom. The fraction of sp³-hybridized carbons (Fsp3) is 0.333. The molecule has 2 heterocycles. The second-order valence-electron chi connectivity index (χ2n) is 9.42. The van der Waals surface area contributed by atoms with Crippen LogP contribution >= 0.6 is 0 Å². The SMILES string of the molecule is c1ccc2c(-c3c(CN4CCOCC4)ccc4ccccc34)c(CN3CCOCC3)ccc2c1. The Hall–Kier alpha value is -2.76. The van der Waals surface area contributed by atoms with Crippen LogP contribution in [0.1, 0.15) is 11.1 Å². The molecule has 2 aliphatic rings. The number of rotatable bonds is 5. The van der Waals surface area contributed by atoms with Crippen LogP contribution in [0.3, 0.4) is 0 Å². The molecule has 0 spiro atoms. The van der Waals surface area contributed by atoms with Gasteiger partial charge in [0.25, 0.3) is 0 Å². The van der Waals surface area contributed by atoms with Crippen molar-refractivity contribution in [3.8, 4) is 11.1 Å². The van der Waals surface area contributed by atoms with Crippen LogP contribution in [-0.2, 0) is 22.6 Å². The van der Waals surface area contributed by atoms with Crippen LogP contribution in [-0.4, -0.2) is 62.4 Å². The minimum absolute atomic E-state index is 0.819. The molecule has 0 unspecified atom stereocenters. The van der Waals surface area contributed by atoms with Crippen LogP contribution in [0.15, 0.2) is 72.8 Å². The third kappa shape index (κ3) is 4.35. The zero-order chi connectivity index (χ0) is 22.7. The van der Waals surface area contributed by atoms with Gasteiger partial charge in [0.1, 0.15) is 0 Å². The lowest BCUT2D eigenvalue weighted by atomic mass is 9.86. The van der Waals surface area contributed by atoms with E-state index in [2.05, 4.69) is 82.6 Å². The number of morpholine rings is 2. The molecule has 0 radical (unpaired) electrons. The van der Waals surface area contributed by atoms with Crippen molar-refractivity contribution in [2.75, 3.05) is 52.6 Å². The topological polar surface area (TPSA) is 24.9 Å². The molecule has 0 amide bonds. The van der Waals surface area contributed by atoms with E-state index in [1.807, 2.05) is 0 Å².